The Kier molecular flexibility index (Phi) is 7.87. The van der Waals surface area contributed by atoms with E-state index >= 15 is 0 Å². The highest BCUT2D eigenvalue weighted by Gasteiger charge is 2.39. The molecule has 3 rings (SSSR count). The van der Waals surface area contributed by atoms with E-state index in [0.29, 0.717) is 19.4 Å². The molecule has 7 nitrogen and oxygen atoms in total. The third-order valence-electron chi connectivity index (χ3n) is 6.26. The fourth-order valence-electron chi connectivity index (χ4n) is 4.48. The van der Waals surface area contributed by atoms with E-state index in [9.17, 15) is 19.8 Å². The number of pyridine rings is 1. The predicted octanol–water partition coefficient (Wildman–Crippen LogP) is 3.54. The lowest BCUT2D eigenvalue weighted by atomic mass is 9.92. The highest BCUT2D eigenvalue weighted by Crippen LogP contribution is 2.28. The second-order valence-corrected chi connectivity index (χ2v) is 8.90. The molecule has 0 bridgehead atoms. The van der Waals surface area contributed by atoms with Gasteiger partial charge in [-0.15, -0.1) is 0 Å². The van der Waals surface area contributed by atoms with Crippen molar-refractivity contribution >= 4 is 11.8 Å². The van der Waals surface area contributed by atoms with Crippen LogP contribution in [0, 0.1) is 18.8 Å². The molecule has 0 radical (unpaired) electrons. The molecular formula is C26H33N3O4. The Morgan fingerprint density at radius 2 is 1.94 bits per heavy atom. The summed E-state index contributed by atoms with van der Waals surface area (Å²) in [6.45, 7) is 9.37. The Morgan fingerprint density at radius 1 is 1.24 bits per heavy atom. The van der Waals surface area contributed by atoms with Gasteiger partial charge in [-0.25, -0.2) is 0 Å². The van der Waals surface area contributed by atoms with E-state index in [1.807, 2.05) is 57.2 Å². The summed E-state index contributed by atoms with van der Waals surface area (Å²) in [7, 11) is 0. The topological polar surface area (TPSA) is 103 Å². The lowest BCUT2D eigenvalue weighted by Gasteiger charge is -2.30. The minimum Gasteiger partial charge on any atom is -0.512 e. The third-order valence-corrected chi connectivity index (χ3v) is 6.26. The van der Waals surface area contributed by atoms with E-state index in [0.717, 1.165) is 22.4 Å². The number of hydrogen-bond donors (Lipinski definition) is 3. The molecule has 7 heteroatoms. The normalized spacial score (nSPS) is 17.6. The van der Waals surface area contributed by atoms with E-state index in [-0.39, 0.29) is 30.1 Å². The predicted molar refractivity (Wildman–Crippen MR) is 127 cm³/mol. The molecular weight excluding hydrogens is 418 g/mol. The number of nitrogens with one attached hydrogen (secondary N) is 1. The number of likely N-dealkylation sites (tertiary alicyclic amines) is 1. The van der Waals surface area contributed by atoms with Gasteiger partial charge in [0, 0.05) is 24.0 Å². The Morgan fingerprint density at radius 3 is 2.52 bits per heavy atom. The third kappa shape index (κ3) is 5.42. The molecule has 1 aliphatic rings. The van der Waals surface area contributed by atoms with Crippen molar-refractivity contribution in [3.05, 3.63) is 66.2 Å². The van der Waals surface area contributed by atoms with Crippen molar-refractivity contribution in [1.29, 1.82) is 0 Å². The van der Waals surface area contributed by atoms with Crippen LogP contribution in [0.2, 0.25) is 0 Å². The lowest BCUT2D eigenvalue weighted by molar-refractivity contribution is -0.142. The average Bonchev–Trinajstić information content (AvgIpc) is 3.27. The zero-order chi connectivity index (χ0) is 24.1. The quantitative estimate of drug-likeness (QED) is 0.533. The van der Waals surface area contributed by atoms with Crippen LogP contribution in [0.3, 0.4) is 0 Å². The Bertz CT molecular complexity index is 1000. The fourth-order valence-corrected chi connectivity index (χ4v) is 4.48. The van der Waals surface area contributed by atoms with Gasteiger partial charge in [0.05, 0.1) is 24.3 Å². The highest BCUT2D eigenvalue weighted by molar-refractivity contribution is 5.90. The molecule has 176 valence electrons. The Hall–Kier alpha value is -3.19. The largest absolute Gasteiger partial charge is 0.512 e. The first-order chi connectivity index (χ1) is 15.7. The molecule has 1 aromatic heterocycles. The van der Waals surface area contributed by atoms with Crippen molar-refractivity contribution in [3.63, 3.8) is 0 Å². The summed E-state index contributed by atoms with van der Waals surface area (Å²) in [4.78, 5) is 32.0. The number of amides is 2. The van der Waals surface area contributed by atoms with Crippen LogP contribution in [0.15, 0.2) is 54.9 Å². The second-order valence-electron chi connectivity index (χ2n) is 8.90. The molecule has 0 spiro atoms. The van der Waals surface area contributed by atoms with Crippen LogP contribution in [-0.2, 0) is 9.59 Å². The van der Waals surface area contributed by atoms with Gasteiger partial charge in [-0.1, -0.05) is 50.8 Å². The number of nitrogens with zero attached hydrogens (tertiary/aromatic N) is 2. The van der Waals surface area contributed by atoms with Gasteiger partial charge >= 0.3 is 0 Å². The van der Waals surface area contributed by atoms with Crippen LogP contribution in [-0.4, -0.2) is 51.1 Å². The number of carbonyl (C=O) groups is 2. The Balaban J connectivity index is 1.73. The zero-order valence-corrected chi connectivity index (χ0v) is 19.5. The van der Waals surface area contributed by atoms with Crippen LogP contribution in [0.25, 0.3) is 11.1 Å². The van der Waals surface area contributed by atoms with Crippen LogP contribution < -0.4 is 5.32 Å². The number of aliphatic hydroxyl groups excluding tert-OH is 2. The van der Waals surface area contributed by atoms with Crippen LogP contribution in [0.5, 0.6) is 0 Å². The highest BCUT2D eigenvalue weighted by atomic mass is 16.3. The van der Waals surface area contributed by atoms with Gasteiger partial charge in [0.25, 0.3) is 0 Å². The summed E-state index contributed by atoms with van der Waals surface area (Å²) in [5.74, 6) is -1.65. The van der Waals surface area contributed by atoms with E-state index < -0.39 is 18.0 Å². The molecule has 1 aliphatic heterocycles. The van der Waals surface area contributed by atoms with Gasteiger partial charge in [0.15, 0.2) is 0 Å². The van der Waals surface area contributed by atoms with E-state index in [1.165, 1.54) is 4.90 Å². The van der Waals surface area contributed by atoms with Gasteiger partial charge in [-0.05, 0) is 42.9 Å². The van der Waals surface area contributed by atoms with E-state index in [2.05, 4.69) is 16.9 Å². The molecule has 0 unspecified atom stereocenters. The van der Waals surface area contributed by atoms with Crippen LogP contribution in [0.4, 0.5) is 0 Å². The molecule has 2 heterocycles. The van der Waals surface area contributed by atoms with Gasteiger partial charge in [0.2, 0.25) is 11.8 Å². The number of hydrogen-bond acceptors (Lipinski definition) is 5. The number of aliphatic hydroxyl groups is 2. The first-order valence-corrected chi connectivity index (χ1v) is 11.4. The van der Waals surface area contributed by atoms with Crippen LogP contribution in [0.1, 0.15) is 44.0 Å². The molecule has 1 fully saturated rings. The monoisotopic (exact) mass is 451 g/mol. The molecule has 0 saturated carbocycles. The maximum atomic E-state index is 13.1. The van der Waals surface area contributed by atoms with Gasteiger partial charge in [-0.3, -0.25) is 14.6 Å². The van der Waals surface area contributed by atoms with Crippen molar-refractivity contribution < 1.29 is 19.8 Å². The number of rotatable bonds is 8. The van der Waals surface area contributed by atoms with Gasteiger partial charge in [0.1, 0.15) is 6.04 Å². The molecule has 3 N–H and O–H groups in total. The van der Waals surface area contributed by atoms with Gasteiger partial charge < -0.3 is 20.4 Å². The second kappa shape index (κ2) is 10.6. The average molecular weight is 452 g/mol. The van der Waals surface area contributed by atoms with Crippen LogP contribution >= 0.6 is 0 Å². The van der Waals surface area contributed by atoms with Gasteiger partial charge in [-0.2, -0.15) is 0 Å². The fraction of sp³-hybridized carbons (Fsp3) is 0.423. The minimum absolute atomic E-state index is 0.133. The smallest absolute Gasteiger partial charge is 0.243 e. The summed E-state index contributed by atoms with van der Waals surface area (Å²) in [6.07, 6.45) is 2.99. The summed E-state index contributed by atoms with van der Waals surface area (Å²) in [5.41, 5.74) is 3.73. The number of aromatic nitrogens is 1. The summed E-state index contributed by atoms with van der Waals surface area (Å²) in [6, 6.07) is 10.3. The zero-order valence-electron chi connectivity index (χ0n) is 19.5. The maximum Gasteiger partial charge on any atom is 0.243 e. The molecule has 3 atom stereocenters. The summed E-state index contributed by atoms with van der Waals surface area (Å²) < 4.78 is 0. The maximum absolute atomic E-state index is 13.1. The molecule has 33 heavy (non-hydrogen) atoms. The summed E-state index contributed by atoms with van der Waals surface area (Å²) >= 11 is 0. The summed E-state index contributed by atoms with van der Waals surface area (Å²) in [5, 5.41) is 22.8. The van der Waals surface area contributed by atoms with Crippen molar-refractivity contribution in [2.24, 2.45) is 11.8 Å². The van der Waals surface area contributed by atoms with E-state index in [1.54, 1.807) is 6.20 Å². The number of carbonyl (C=O) groups excluding carboxylic acids is 2. The number of benzene rings is 1. The molecule has 2 aromatic rings. The molecule has 2 amide bonds. The first kappa shape index (κ1) is 24.5. The van der Waals surface area contributed by atoms with E-state index in [4.69, 9.17) is 0 Å². The molecule has 1 aromatic carbocycles. The van der Waals surface area contributed by atoms with Crippen molar-refractivity contribution in [2.75, 3.05) is 13.2 Å². The Labute approximate surface area is 195 Å². The standard InChI is InChI=1S/C26H33N3O4/c1-16(2)24(18(4)31)26(33)29-14-6-8-23(29)25(32)28-22(15-30)20-11-9-19(10-12-20)21-7-5-13-27-17(21)3/h5,7,9-13,16,22-24,30-31H,4,6,8,14-15H2,1-3H3,(H,28,32)/t22-,23-,24+/m0/s1. The molecule has 1 saturated heterocycles. The first-order valence-electron chi connectivity index (χ1n) is 11.4. The number of aryl methyl sites for hydroxylation is 1. The van der Waals surface area contributed by atoms with Crippen molar-refractivity contribution in [2.45, 2.75) is 45.7 Å². The minimum atomic E-state index is -0.740. The lowest BCUT2D eigenvalue weighted by Crippen LogP contribution is -2.49. The molecule has 0 aliphatic carbocycles. The van der Waals surface area contributed by atoms with Crippen molar-refractivity contribution in [1.82, 2.24) is 15.2 Å². The SMILES string of the molecule is C=C(O)[C@H](C(=O)N1CCC[C@H]1C(=O)N[C@@H](CO)c1ccc(-c2cccnc2C)cc1)C(C)C. The van der Waals surface area contributed by atoms with Crippen molar-refractivity contribution in [3.8, 4) is 11.1 Å².